The van der Waals surface area contributed by atoms with Crippen LogP contribution in [0, 0.1) is 5.82 Å². The Bertz CT molecular complexity index is 686. The zero-order valence-electron chi connectivity index (χ0n) is 13.0. The fourth-order valence-corrected chi connectivity index (χ4v) is 2.90. The van der Waals surface area contributed by atoms with Crippen LogP contribution >= 0.6 is 11.8 Å². The molecule has 1 fully saturated rings. The molecule has 1 aromatic rings. The number of nitrogens with one attached hydrogen (secondary N) is 1. The standard InChI is InChI=1S/C17H17FN2O3S/c1-2-3-4-15(21)19-9-10-20-16(22)14(24-17(20)23)11-12-5-7-13(18)8-6-12/h2,5-8,11H,1,3-4,9-10H2,(H,19,21). The molecule has 0 atom stereocenters. The maximum absolute atomic E-state index is 12.9. The normalized spacial score (nSPS) is 15.9. The molecule has 1 aliphatic heterocycles. The van der Waals surface area contributed by atoms with Crippen molar-refractivity contribution in [3.8, 4) is 0 Å². The number of amides is 3. The molecule has 24 heavy (non-hydrogen) atoms. The zero-order chi connectivity index (χ0) is 17.5. The van der Waals surface area contributed by atoms with E-state index in [9.17, 15) is 18.8 Å². The lowest BCUT2D eigenvalue weighted by molar-refractivity contribution is -0.124. The number of nitrogens with zero attached hydrogens (tertiary/aromatic N) is 1. The Labute approximate surface area is 143 Å². The molecule has 1 aliphatic rings. The van der Waals surface area contributed by atoms with Gasteiger partial charge in [0.05, 0.1) is 4.91 Å². The molecular weight excluding hydrogens is 331 g/mol. The molecular formula is C17H17FN2O3S. The molecule has 0 spiro atoms. The number of hydrogen-bond acceptors (Lipinski definition) is 4. The molecule has 0 radical (unpaired) electrons. The van der Waals surface area contributed by atoms with Gasteiger partial charge in [0.2, 0.25) is 5.91 Å². The van der Waals surface area contributed by atoms with Gasteiger partial charge in [-0.2, -0.15) is 0 Å². The molecule has 126 valence electrons. The predicted molar refractivity (Wildman–Crippen MR) is 91.5 cm³/mol. The number of imide groups is 1. The second-order valence-corrected chi connectivity index (χ2v) is 6.06. The van der Waals surface area contributed by atoms with E-state index in [4.69, 9.17) is 0 Å². The second kappa shape index (κ2) is 8.44. The van der Waals surface area contributed by atoms with Crippen molar-refractivity contribution in [3.63, 3.8) is 0 Å². The van der Waals surface area contributed by atoms with Gasteiger partial charge in [0, 0.05) is 19.5 Å². The first-order valence-corrected chi connectivity index (χ1v) is 8.21. The fourth-order valence-electron chi connectivity index (χ4n) is 2.03. The average Bonchev–Trinajstić information content (AvgIpc) is 2.82. The molecule has 3 amide bonds. The molecule has 0 bridgehead atoms. The molecule has 2 rings (SSSR count). The summed E-state index contributed by atoms with van der Waals surface area (Å²) >= 11 is 0.832. The van der Waals surface area contributed by atoms with Crippen molar-refractivity contribution < 1.29 is 18.8 Å². The molecule has 7 heteroatoms. The quantitative estimate of drug-likeness (QED) is 0.608. The van der Waals surface area contributed by atoms with Gasteiger partial charge in [-0.25, -0.2) is 4.39 Å². The van der Waals surface area contributed by atoms with E-state index < -0.39 is 5.91 Å². The molecule has 1 aromatic carbocycles. The number of hydrogen-bond donors (Lipinski definition) is 1. The van der Waals surface area contributed by atoms with Crippen molar-refractivity contribution in [3.05, 3.63) is 53.2 Å². The van der Waals surface area contributed by atoms with Crippen molar-refractivity contribution in [2.24, 2.45) is 0 Å². The third-order valence-electron chi connectivity index (χ3n) is 3.27. The zero-order valence-corrected chi connectivity index (χ0v) is 13.8. The lowest BCUT2D eigenvalue weighted by Gasteiger charge is -2.12. The first kappa shape index (κ1) is 17.9. The van der Waals surface area contributed by atoms with Gasteiger partial charge in [-0.05, 0) is 42.0 Å². The molecule has 0 aliphatic carbocycles. The Morgan fingerprint density at radius 1 is 1.29 bits per heavy atom. The number of thioether (sulfide) groups is 1. The van der Waals surface area contributed by atoms with Crippen LogP contribution < -0.4 is 5.32 Å². The van der Waals surface area contributed by atoms with E-state index in [1.165, 1.54) is 24.3 Å². The third kappa shape index (κ3) is 4.79. The van der Waals surface area contributed by atoms with Crippen molar-refractivity contribution in [2.45, 2.75) is 12.8 Å². The van der Waals surface area contributed by atoms with Gasteiger partial charge in [0.15, 0.2) is 0 Å². The van der Waals surface area contributed by atoms with Crippen molar-refractivity contribution in [1.82, 2.24) is 10.2 Å². The maximum atomic E-state index is 12.9. The summed E-state index contributed by atoms with van der Waals surface area (Å²) in [7, 11) is 0. The lowest BCUT2D eigenvalue weighted by Crippen LogP contribution is -2.37. The highest BCUT2D eigenvalue weighted by molar-refractivity contribution is 8.18. The summed E-state index contributed by atoms with van der Waals surface area (Å²) in [5.74, 6) is -0.925. The Balaban J connectivity index is 1.92. The fraction of sp³-hybridized carbons (Fsp3) is 0.235. The number of rotatable bonds is 7. The summed E-state index contributed by atoms with van der Waals surface area (Å²) in [6, 6.07) is 5.63. The lowest BCUT2D eigenvalue weighted by atomic mass is 10.2. The van der Waals surface area contributed by atoms with E-state index in [1.807, 2.05) is 0 Å². The molecule has 5 nitrogen and oxygen atoms in total. The minimum absolute atomic E-state index is 0.116. The van der Waals surface area contributed by atoms with E-state index in [-0.39, 0.29) is 35.0 Å². The average molecular weight is 348 g/mol. The Kier molecular flexibility index (Phi) is 6.31. The summed E-state index contributed by atoms with van der Waals surface area (Å²) in [5, 5.41) is 2.27. The van der Waals surface area contributed by atoms with Crippen LogP contribution in [0.25, 0.3) is 6.08 Å². The van der Waals surface area contributed by atoms with Gasteiger partial charge in [-0.1, -0.05) is 18.2 Å². The largest absolute Gasteiger partial charge is 0.354 e. The molecule has 0 unspecified atom stereocenters. The van der Waals surface area contributed by atoms with E-state index in [0.29, 0.717) is 18.4 Å². The van der Waals surface area contributed by atoms with Crippen LogP contribution in [0.3, 0.4) is 0 Å². The van der Waals surface area contributed by atoms with Crippen LogP contribution in [0.15, 0.2) is 41.8 Å². The van der Waals surface area contributed by atoms with Crippen molar-refractivity contribution >= 4 is 34.9 Å². The number of allylic oxidation sites excluding steroid dienone is 1. The van der Waals surface area contributed by atoms with Crippen molar-refractivity contribution in [2.75, 3.05) is 13.1 Å². The monoisotopic (exact) mass is 348 g/mol. The number of benzene rings is 1. The van der Waals surface area contributed by atoms with Crippen LogP contribution in [-0.4, -0.2) is 35.0 Å². The first-order chi connectivity index (χ1) is 11.5. The number of carbonyl (C=O) groups is 3. The highest BCUT2D eigenvalue weighted by Gasteiger charge is 2.34. The van der Waals surface area contributed by atoms with Gasteiger partial charge in [0.1, 0.15) is 5.82 Å². The molecule has 0 saturated carbocycles. The van der Waals surface area contributed by atoms with Crippen LogP contribution in [0.5, 0.6) is 0 Å². The maximum Gasteiger partial charge on any atom is 0.293 e. The first-order valence-electron chi connectivity index (χ1n) is 7.40. The summed E-state index contributed by atoms with van der Waals surface area (Å²) in [6.07, 6.45) is 4.10. The third-order valence-corrected chi connectivity index (χ3v) is 4.18. The highest BCUT2D eigenvalue weighted by Crippen LogP contribution is 2.31. The topological polar surface area (TPSA) is 66.5 Å². The summed E-state index contributed by atoms with van der Waals surface area (Å²) in [4.78, 5) is 37.0. The number of carbonyl (C=O) groups excluding carboxylic acids is 3. The van der Waals surface area contributed by atoms with E-state index >= 15 is 0 Å². The van der Waals surface area contributed by atoms with Crippen LogP contribution in [0.2, 0.25) is 0 Å². The minimum Gasteiger partial charge on any atom is -0.354 e. The SMILES string of the molecule is C=CCCC(=O)NCCN1C(=O)SC(=Cc2ccc(F)cc2)C1=O. The molecule has 1 heterocycles. The smallest absolute Gasteiger partial charge is 0.293 e. The predicted octanol–water partition coefficient (Wildman–Crippen LogP) is 2.94. The summed E-state index contributed by atoms with van der Waals surface area (Å²) in [5.41, 5.74) is 0.639. The Morgan fingerprint density at radius 3 is 2.67 bits per heavy atom. The van der Waals surface area contributed by atoms with Crippen LogP contribution in [0.4, 0.5) is 9.18 Å². The van der Waals surface area contributed by atoms with E-state index in [0.717, 1.165) is 16.7 Å². The molecule has 0 aromatic heterocycles. The van der Waals surface area contributed by atoms with E-state index in [1.54, 1.807) is 12.2 Å². The number of halogens is 1. The molecule has 1 N–H and O–H groups in total. The van der Waals surface area contributed by atoms with Crippen LogP contribution in [-0.2, 0) is 9.59 Å². The highest BCUT2D eigenvalue weighted by atomic mass is 32.2. The van der Waals surface area contributed by atoms with Gasteiger partial charge in [-0.3, -0.25) is 19.3 Å². The van der Waals surface area contributed by atoms with Gasteiger partial charge < -0.3 is 5.32 Å². The van der Waals surface area contributed by atoms with Crippen molar-refractivity contribution in [1.29, 1.82) is 0 Å². The van der Waals surface area contributed by atoms with Crippen LogP contribution in [0.1, 0.15) is 18.4 Å². The van der Waals surface area contributed by atoms with Gasteiger partial charge in [-0.15, -0.1) is 6.58 Å². The minimum atomic E-state index is -0.408. The Hall–Kier alpha value is -2.41. The van der Waals surface area contributed by atoms with Gasteiger partial charge in [0.25, 0.3) is 11.1 Å². The second-order valence-electron chi connectivity index (χ2n) is 5.06. The molecule has 1 saturated heterocycles. The Morgan fingerprint density at radius 2 is 2.00 bits per heavy atom. The van der Waals surface area contributed by atoms with Gasteiger partial charge >= 0.3 is 0 Å². The van der Waals surface area contributed by atoms with E-state index in [2.05, 4.69) is 11.9 Å². The summed E-state index contributed by atoms with van der Waals surface area (Å²) < 4.78 is 12.9. The summed E-state index contributed by atoms with van der Waals surface area (Å²) in [6.45, 7) is 3.86.